The highest BCUT2D eigenvalue weighted by Crippen LogP contribution is 2.44. The number of hydrogen-bond donors (Lipinski definition) is 1. The average molecular weight is 471 g/mol. The number of nitrogens with one attached hydrogen (secondary N) is 1. The Morgan fingerprint density at radius 1 is 1.26 bits per heavy atom. The molecule has 0 bridgehead atoms. The minimum atomic E-state index is -1.32. The number of amides is 3. The fraction of sp³-hybridized carbons (Fsp3) is 0.520. The molecule has 3 amide bonds. The van der Waals surface area contributed by atoms with Gasteiger partial charge in [0, 0.05) is 45.7 Å². The summed E-state index contributed by atoms with van der Waals surface area (Å²) in [5.74, 6) is -0.417. The topological polar surface area (TPSA) is 105 Å². The number of rotatable bonds is 12. The Labute approximate surface area is 200 Å². The number of nitrogens with zero attached hydrogens (tertiary/aromatic N) is 3. The number of aromatic amines is 1. The summed E-state index contributed by atoms with van der Waals surface area (Å²) in [7, 11) is 4.78. The van der Waals surface area contributed by atoms with Crippen LogP contribution in [0.25, 0.3) is 0 Å². The molecule has 1 atom stereocenters. The number of ether oxygens (including phenoxy) is 2. The first-order chi connectivity index (χ1) is 16.4. The molecule has 1 aromatic carbocycles. The van der Waals surface area contributed by atoms with Gasteiger partial charge in [-0.15, -0.1) is 0 Å². The third-order valence-corrected chi connectivity index (χ3v) is 6.24. The van der Waals surface area contributed by atoms with Crippen LogP contribution in [-0.4, -0.2) is 72.1 Å². The molecule has 1 aromatic heterocycles. The molecule has 9 nitrogen and oxygen atoms in total. The molecular weight excluding hydrogens is 436 g/mol. The summed E-state index contributed by atoms with van der Waals surface area (Å²) in [6.07, 6.45) is 2.16. The molecule has 2 aromatic rings. The average Bonchev–Trinajstić information content (AvgIpc) is 3.36. The summed E-state index contributed by atoms with van der Waals surface area (Å²) < 4.78 is 10.6. The molecule has 0 radical (unpaired) electrons. The second-order valence-corrected chi connectivity index (χ2v) is 8.72. The number of hydrogen-bond acceptors (Lipinski definition) is 6. The first kappa shape index (κ1) is 25.4. The van der Waals surface area contributed by atoms with Crippen LogP contribution < -0.4 is 4.74 Å². The number of likely N-dealkylation sites (tertiary alicyclic amines) is 1. The van der Waals surface area contributed by atoms with Crippen LogP contribution in [0.5, 0.6) is 5.75 Å². The molecule has 9 heteroatoms. The van der Waals surface area contributed by atoms with Crippen LogP contribution in [0.2, 0.25) is 0 Å². The molecule has 1 saturated heterocycles. The van der Waals surface area contributed by atoms with Crippen LogP contribution in [0.4, 0.5) is 0 Å². The monoisotopic (exact) mass is 470 g/mol. The molecule has 2 heterocycles. The van der Waals surface area contributed by atoms with Gasteiger partial charge in [0.05, 0.1) is 30.5 Å². The third kappa shape index (κ3) is 5.30. The zero-order valence-corrected chi connectivity index (χ0v) is 20.4. The maximum absolute atomic E-state index is 13.7. The number of methoxy groups -OCH3 is 2. The molecule has 1 N–H and O–H groups in total. The van der Waals surface area contributed by atoms with E-state index in [2.05, 4.69) is 17.1 Å². The molecule has 0 unspecified atom stereocenters. The SMILES string of the molecule is CCCc1cc(CN(C)C(=O)C[C@@]2(c3ccccc3OC)CC(=O)N(CCCOC)C2=O)[nH]n1. The summed E-state index contributed by atoms with van der Waals surface area (Å²) in [6, 6.07) is 9.05. The normalized spacial score (nSPS) is 17.9. The van der Waals surface area contributed by atoms with E-state index in [4.69, 9.17) is 9.47 Å². The first-order valence-electron chi connectivity index (χ1n) is 11.6. The van der Waals surface area contributed by atoms with Crippen molar-refractivity contribution in [1.82, 2.24) is 20.0 Å². The van der Waals surface area contributed by atoms with Crippen molar-refractivity contribution in [2.45, 2.75) is 51.0 Å². The van der Waals surface area contributed by atoms with Crippen molar-refractivity contribution in [2.24, 2.45) is 0 Å². The van der Waals surface area contributed by atoms with Gasteiger partial charge >= 0.3 is 0 Å². The van der Waals surface area contributed by atoms with Gasteiger partial charge in [-0.3, -0.25) is 24.4 Å². The quantitative estimate of drug-likeness (QED) is 0.377. The zero-order valence-electron chi connectivity index (χ0n) is 20.4. The van der Waals surface area contributed by atoms with Gasteiger partial charge in [0.1, 0.15) is 5.75 Å². The van der Waals surface area contributed by atoms with E-state index in [0.29, 0.717) is 30.9 Å². The molecular formula is C25H34N4O5. The predicted molar refractivity (Wildman–Crippen MR) is 126 cm³/mol. The van der Waals surface area contributed by atoms with Gasteiger partial charge in [-0.05, 0) is 25.0 Å². The Morgan fingerprint density at radius 3 is 2.74 bits per heavy atom. The van der Waals surface area contributed by atoms with Crippen molar-refractivity contribution in [3.05, 3.63) is 47.3 Å². The summed E-state index contributed by atoms with van der Waals surface area (Å²) in [6.45, 7) is 3.10. The van der Waals surface area contributed by atoms with E-state index in [-0.39, 0.29) is 37.1 Å². The van der Waals surface area contributed by atoms with Gasteiger partial charge in [0.15, 0.2) is 0 Å². The minimum Gasteiger partial charge on any atom is -0.496 e. The van der Waals surface area contributed by atoms with Crippen molar-refractivity contribution in [1.29, 1.82) is 0 Å². The van der Waals surface area contributed by atoms with Gasteiger partial charge in [0.25, 0.3) is 0 Å². The second kappa shape index (κ2) is 11.3. The van der Waals surface area contributed by atoms with E-state index >= 15 is 0 Å². The van der Waals surface area contributed by atoms with Crippen LogP contribution in [0.15, 0.2) is 30.3 Å². The van der Waals surface area contributed by atoms with Crippen molar-refractivity contribution < 1.29 is 23.9 Å². The lowest BCUT2D eigenvalue weighted by atomic mass is 9.75. The number of benzene rings is 1. The molecule has 1 aliphatic heterocycles. The highest BCUT2D eigenvalue weighted by Gasteiger charge is 2.55. The number of aromatic nitrogens is 2. The van der Waals surface area contributed by atoms with Gasteiger partial charge in [-0.25, -0.2) is 0 Å². The van der Waals surface area contributed by atoms with Crippen LogP contribution in [-0.2, 0) is 37.5 Å². The highest BCUT2D eigenvalue weighted by atomic mass is 16.5. The van der Waals surface area contributed by atoms with Crippen molar-refractivity contribution in [2.75, 3.05) is 34.4 Å². The third-order valence-electron chi connectivity index (χ3n) is 6.24. The number of para-hydroxylation sites is 1. The van der Waals surface area contributed by atoms with Crippen molar-refractivity contribution in [3.63, 3.8) is 0 Å². The van der Waals surface area contributed by atoms with Crippen LogP contribution in [0, 0.1) is 0 Å². The predicted octanol–water partition coefficient (Wildman–Crippen LogP) is 2.45. The summed E-state index contributed by atoms with van der Waals surface area (Å²) in [5.41, 5.74) is 1.01. The maximum Gasteiger partial charge on any atom is 0.241 e. The lowest BCUT2D eigenvalue weighted by molar-refractivity contribution is -0.142. The van der Waals surface area contributed by atoms with Crippen LogP contribution >= 0.6 is 0 Å². The molecule has 0 spiro atoms. The Morgan fingerprint density at radius 2 is 2.03 bits per heavy atom. The Bertz CT molecular complexity index is 1020. The second-order valence-electron chi connectivity index (χ2n) is 8.72. The van der Waals surface area contributed by atoms with Crippen LogP contribution in [0.3, 0.4) is 0 Å². The number of carbonyl (C=O) groups is 3. The fourth-order valence-corrected chi connectivity index (χ4v) is 4.49. The number of H-pyrrole nitrogens is 1. The van der Waals surface area contributed by atoms with Gasteiger partial charge in [0.2, 0.25) is 17.7 Å². The smallest absolute Gasteiger partial charge is 0.241 e. The van der Waals surface area contributed by atoms with Crippen LogP contribution in [0.1, 0.15) is 49.6 Å². The van der Waals surface area contributed by atoms with Gasteiger partial charge in [-0.1, -0.05) is 31.5 Å². The highest BCUT2D eigenvalue weighted by molar-refractivity contribution is 6.11. The summed E-state index contributed by atoms with van der Waals surface area (Å²) >= 11 is 0. The summed E-state index contributed by atoms with van der Waals surface area (Å²) in [5, 5.41) is 7.25. The Hall–Kier alpha value is -3.20. The molecule has 1 fully saturated rings. The van der Waals surface area contributed by atoms with E-state index in [9.17, 15) is 14.4 Å². The Kier molecular flexibility index (Phi) is 8.44. The number of imide groups is 1. The molecule has 34 heavy (non-hydrogen) atoms. The molecule has 0 aliphatic carbocycles. The molecule has 3 rings (SSSR count). The van der Waals surface area contributed by atoms with Crippen molar-refractivity contribution >= 4 is 17.7 Å². The van der Waals surface area contributed by atoms with E-state index < -0.39 is 5.41 Å². The van der Waals surface area contributed by atoms with Gasteiger partial charge in [-0.2, -0.15) is 5.10 Å². The van der Waals surface area contributed by atoms with E-state index in [0.717, 1.165) is 24.2 Å². The largest absolute Gasteiger partial charge is 0.496 e. The van der Waals surface area contributed by atoms with Crippen molar-refractivity contribution in [3.8, 4) is 5.75 Å². The standard InChI is InChI=1S/C25H34N4O5/c1-5-9-18-14-19(27-26-18)17-28(2)22(30)15-25(20-10-6-7-11-21(20)34-4)16-23(31)29(24(25)32)12-8-13-33-3/h6-7,10-11,14H,5,8-9,12-13,15-17H2,1-4H3,(H,26,27)/t25-/m0/s1. The van der Waals surface area contributed by atoms with E-state index in [1.54, 1.807) is 43.3 Å². The minimum absolute atomic E-state index is 0.0799. The van der Waals surface area contributed by atoms with E-state index in [1.165, 1.54) is 12.0 Å². The lowest BCUT2D eigenvalue weighted by Gasteiger charge is -2.30. The zero-order chi connectivity index (χ0) is 24.7. The summed E-state index contributed by atoms with van der Waals surface area (Å²) in [4.78, 5) is 42.9. The lowest BCUT2D eigenvalue weighted by Crippen LogP contribution is -2.43. The fourth-order valence-electron chi connectivity index (χ4n) is 4.49. The van der Waals surface area contributed by atoms with E-state index in [1.807, 2.05) is 6.07 Å². The molecule has 1 aliphatic rings. The first-order valence-corrected chi connectivity index (χ1v) is 11.6. The molecule has 0 saturated carbocycles. The molecule has 184 valence electrons. The van der Waals surface area contributed by atoms with Gasteiger partial charge < -0.3 is 14.4 Å². The number of carbonyl (C=O) groups excluding carboxylic acids is 3. The maximum atomic E-state index is 13.7. The Balaban J connectivity index is 1.88. The number of aryl methyl sites for hydroxylation is 1.